The van der Waals surface area contributed by atoms with Crippen molar-refractivity contribution in [3.8, 4) is 34.1 Å². The highest BCUT2D eigenvalue weighted by molar-refractivity contribution is 6.98. The number of aryl methyl sites for hydroxylation is 6. The maximum absolute atomic E-state index is 6.14. The monoisotopic (exact) mass is 1150 g/mol. The molecule has 0 radical (unpaired) electrons. The summed E-state index contributed by atoms with van der Waals surface area (Å²) in [6.07, 6.45) is 1.06. The number of benzene rings is 16. The molecular weight excluding hydrogens is 1090 g/mol. The van der Waals surface area contributed by atoms with E-state index >= 15 is 0 Å². The minimum Gasteiger partial charge on any atom is -0.458 e. The van der Waals surface area contributed by atoms with E-state index in [1.54, 1.807) is 0 Å². The number of fused-ring (bicyclic) bond motifs is 18. The topological polar surface area (TPSA) is 18.5 Å². The van der Waals surface area contributed by atoms with Crippen LogP contribution in [0, 0.1) is 41.5 Å². The Morgan fingerprint density at radius 3 is 1.43 bits per heavy atom. The van der Waals surface area contributed by atoms with Gasteiger partial charge in [0.2, 0.25) is 0 Å². The summed E-state index contributed by atoms with van der Waals surface area (Å²) in [6.45, 7) is 13.1. The van der Waals surface area contributed by atoms with Gasteiger partial charge in [-0.3, -0.25) is 0 Å². The summed E-state index contributed by atoms with van der Waals surface area (Å²) in [5.41, 5.74) is 17.3. The molecule has 2 nitrogen and oxygen atoms in total. The average Bonchev–Trinajstić information content (AvgIpc) is 1.35. The first-order valence-corrected chi connectivity index (χ1v) is 31.4. The van der Waals surface area contributed by atoms with Crippen molar-refractivity contribution in [2.45, 2.75) is 48.0 Å². The van der Waals surface area contributed by atoms with Gasteiger partial charge in [-0.15, -0.1) is 0 Å². The summed E-state index contributed by atoms with van der Waals surface area (Å²) in [4.78, 5) is 0. The van der Waals surface area contributed by atoms with Gasteiger partial charge in [-0.05, 0) is 238 Å². The third kappa shape index (κ3) is 10.3. The maximum Gasteiger partial charge on any atom is 0.260 e. The second kappa shape index (κ2) is 23.4. The van der Waals surface area contributed by atoms with Gasteiger partial charge in [-0.25, -0.2) is 0 Å². The van der Waals surface area contributed by atoms with E-state index in [4.69, 9.17) is 9.47 Å². The highest BCUT2D eigenvalue weighted by Gasteiger charge is 2.40. The highest BCUT2D eigenvalue weighted by atomic mass is 16.5. The van der Waals surface area contributed by atoms with Gasteiger partial charge in [0.1, 0.15) is 23.0 Å². The Hall–Kier alpha value is -10.7. The van der Waals surface area contributed by atoms with Crippen molar-refractivity contribution in [2.75, 3.05) is 0 Å². The fraction of sp³-hybridized carbons (Fsp3) is 0.0805. The van der Waals surface area contributed by atoms with Gasteiger partial charge in [-0.2, -0.15) is 0 Å². The molecule has 3 aliphatic rings. The van der Waals surface area contributed by atoms with Crippen molar-refractivity contribution in [1.29, 1.82) is 0 Å². The van der Waals surface area contributed by atoms with E-state index in [2.05, 4.69) is 302 Å². The van der Waals surface area contributed by atoms with Crippen molar-refractivity contribution in [3.63, 3.8) is 0 Å². The predicted octanol–water partition coefficient (Wildman–Crippen LogP) is 21.8. The van der Waals surface area contributed by atoms with Crippen molar-refractivity contribution in [1.82, 2.24) is 0 Å². The van der Waals surface area contributed by atoms with Gasteiger partial charge in [0, 0.05) is 5.46 Å². The van der Waals surface area contributed by atoms with Crippen molar-refractivity contribution >= 4 is 109 Å². The molecule has 2 aliphatic heterocycles. The van der Waals surface area contributed by atoms with E-state index in [0.717, 1.165) is 40.4 Å². The molecule has 0 N–H and O–H groups in total. The molecule has 16 aromatic carbocycles. The molecule has 90 heavy (non-hydrogen) atoms. The SMILES string of the molecule is Cc1c2ccccc2cc2cc3ccccc3cc12.Cc1c2ccccc2cc2ccc3c(c12)-c1ccccc1C3.Cc1cc2c3c(c1)Oc1ccccc1B3c1ccccc1O2.Cc1cc2c3ccccc3ccc2c2ccccc12.Cc1cccc(C)c1. The normalized spacial score (nSPS) is 12.0. The Labute approximate surface area is 527 Å². The van der Waals surface area contributed by atoms with Crippen LogP contribution < -0.4 is 25.9 Å². The molecule has 3 heteroatoms. The molecule has 0 fully saturated rings. The van der Waals surface area contributed by atoms with Gasteiger partial charge in [-0.1, -0.05) is 248 Å². The second-order valence-electron chi connectivity index (χ2n) is 24.6. The lowest BCUT2D eigenvalue weighted by molar-refractivity contribution is 0.464. The lowest BCUT2D eigenvalue weighted by atomic mass is 9.35. The van der Waals surface area contributed by atoms with Gasteiger partial charge < -0.3 is 9.47 Å². The quantitative estimate of drug-likeness (QED) is 0.0856. The van der Waals surface area contributed by atoms with Crippen molar-refractivity contribution in [2.24, 2.45) is 0 Å². The molecular formula is C87H67BO2. The van der Waals surface area contributed by atoms with Crippen LogP contribution in [0.25, 0.3) is 97.3 Å². The largest absolute Gasteiger partial charge is 0.458 e. The number of para-hydroxylation sites is 2. The number of hydrogen-bond acceptors (Lipinski definition) is 2. The van der Waals surface area contributed by atoms with Gasteiger partial charge in [0.15, 0.2) is 0 Å². The molecule has 0 spiro atoms. The van der Waals surface area contributed by atoms with Crippen LogP contribution >= 0.6 is 0 Å². The fourth-order valence-corrected chi connectivity index (χ4v) is 14.4. The first-order valence-electron chi connectivity index (χ1n) is 31.4. The number of ether oxygens (including phenoxy) is 2. The third-order valence-electron chi connectivity index (χ3n) is 18.6. The summed E-state index contributed by atoms with van der Waals surface area (Å²) >= 11 is 0. The Bertz CT molecular complexity index is 5400. The van der Waals surface area contributed by atoms with Crippen LogP contribution in [0.15, 0.2) is 285 Å². The van der Waals surface area contributed by atoms with Crippen molar-refractivity contribution in [3.05, 3.63) is 330 Å². The lowest BCUT2D eigenvalue weighted by Crippen LogP contribution is -2.57. The predicted molar refractivity (Wildman–Crippen MR) is 387 cm³/mol. The van der Waals surface area contributed by atoms with Crippen LogP contribution in [-0.2, 0) is 6.42 Å². The highest BCUT2D eigenvalue weighted by Crippen LogP contribution is 2.44. The van der Waals surface area contributed by atoms with Crippen LogP contribution in [0.3, 0.4) is 0 Å². The van der Waals surface area contributed by atoms with Crippen LogP contribution in [0.1, 0.15) is 44.5 Å². The van der Waals surface area contributed by atoms with Gasteiger partial charge in [0.25, 0.3) is 6.71 Å². The smallest absolute Gasteiger partial charge is 0.260 e. The summed E-state index contributed by atoms with van der Waals surface area (Å²) in [7, 11) is 0. The van der Waals surface area contributed by atoms with Crippen molar-refractivity contribution < 1.29 is 9.47 Å². The zero-order valence-electron chi connectivity index (χ0n) is 51.7. The Morgan fingerprint density at radius 1 is 0.278 bits per heavy atom. The zero-order chi connectivity index (χ0) is 61.0. The Morgan fingerprint density at radius 2 is 0.778 bits per heavy atom. The molecule has 0 saturated carbocycles. The number of hydrogen-bond donors (Lipinski definition) is 0. The van der Waals surface area contributed by atoms with Gasteiger partial charge in [0.05, 0.1) is 0 Å². The van der Waals surface area contributed by atoms with E-state index in [1.165, 1.54) is 147 Å². The van der Waals surface area contributed by atoms with E-state index < -0.39 is 0 Å². The molecule has 430 valence electrons. The summed E-state index contributed by atoms with van der Waals surface area (Å²) < 4.78 is 12.3. The van der Waals surface area contributed by atoms with Crippen LogP contribution in [0.4, 0.5) is 0 Å². The molecule has 0 bridgehead atoms. The summed E-state index contributed by atoms with van der Waals surface area (Å²) in [5, 5.41) is 21.5. The third-order valence-corrected chi connectivity index (χ3v) is 18.6. The molecule has 16 aromatic rings. The first-order chi connectivity index (χ1) is 44.1. The fourth-order valence-electron chi connectivity index (χ4n) is 14.4. The standard InChI is InChI=1S/C22H16.C19H13BO2.2C19H14.C8H10/c1-14-19-8-4-2-6-15(19)12-17-10-11-18-13-16-7-3-5-9-20(16)22(18)21(14)17;1-12-10-17-19-18(11-12)22-16-9-5-3-7-14(16)20(19)13-6-2-4-8-15(13)21-17;1-13-12-19-16-8-3-2-6-14(16)10-11-18(19)17-9-5-4-7-15(13)17;1-13-18-9-5-4-8-16(18)11-17-10-14-6-2-3-7-15(14)12-19(13)17;1-7-4-3-5-8(2)6-7/h2-12H,13H2,1H3;2-11H,1H3;2*2-12H,1H3;3-6H,1-2H3. The van der Waals surface area contributed by atoms with Crippen LogP contribution in [0.5, 0.6) is 23.0 Å². The lowest BCUT2D eigenvalue weighted by Gasteiger charge is -2.33. The molecule has 2 heterocycles. The van der Waals surface area contributed by atoms with Crippen LogP contribution in [-0.4, -0.2) is 6.71 Å². The molecule has 0 amide bonds. The molecule has 0 saturated heterocycles. The Balaban J connectivity index is 0.0000000963. The molecule has 0 aromatic heterocycles. The summed E-state index contributed by atoms with van der Waals surface area (Å²) in [5.74, 6) is 3.70. The van der Waals surface area contributed by atoms with Gasteiger partial charge >= 0.3 is 0 Å². The zero-order valence-corrected chi connectivity index (χ0v) is 51.7. The summed E-state index contributed by atoms with van der Waals surface area (Å²) in [6, 6.07) is 102. The molecule has 0 unspecified atom stereocenters. The first kappa shape index (κ1) is 55.8. The van der Waals surface area contributed by atoms with E-state index in [0.29, 0.717) is 0 Å². The van der Waals surface area contributed by atoms with E-state index in [-0.39, 0.29) is 6.71 Å². The second-order valence-corrected chi connectivity index (χ2v) is 24.6. The number of rotatable bonds is 0. The minimum atomic E-state index is 0.181. The molecule has 19 rings (SSSR count). The maximum atomic E-state index is 6.14. The minimum absolute atomic E-state index is 0.181. The Kier molecular flexibility index (Phi) is 14.5. The average molecular weight is 1160 g/mol. The van der Waals surface area contributed by atoms with E-state index in [9.17, 15) is 0 Å². The molecule has 1 aliphatic carbocycles. The van der Waals surface area contributed by atoms with Crippen LogP contribution in [0.2, 0.25) is 0 Å². The molecule has 0 atom stereocenters. The van der Waals surface area contributed by atoms with E-state index in [1.807, 2.05) is 24.3 Å².